The van der Waals surface area contributed by atoms with Crippen LogP contribution >= 0.6 is 11.6 Å². The highest BCUT2D eigenvalue weighted by atomic mass is 35.5. The zero-order valence-corrected chi connectivity index (χ0v) is 9.04. The summed E-state index contributed by atoms with van der Waals surface area (Å²) in [6, 6.07) is 4.32. The molecule has 0 fully saturated rings. The van der Waals surface area contributed by atoms with Gasteiger partial charge in [-0.25, -0.2) is 0 Å². The van der Waals surface area contributed by atoms with Gasteiger partial charge >= 0.3 is 0 Å². The topological polar surface area (TPSA) is 55.2 Å². The molecule has 5 heteroatoms. The predicted molar refractivity (Wildman–Crippen MR) is 61.4 cm³/mol. The Balaban J connectivity index is 2.83. The lowest BCUT2D eigenvalue weighted by molar-refractivity contribution is -0.384. The van der Waals surface area contributed by atoms with E-state index < -0.39 is 4.92 Å². The van der Waals surface area contributed by atoms with Crippen molar-refractivity contribution >= 4 is 23.0 Å². The number of hydrogen-bond acceptors (Lipinski definition) is 3. The van der Waals surface area contributed by atoms with Crippen LogP contribution in [0.15, 0.2) is 30.4 Å². The summed E-state index contributed by atoms with van der Waals surface area (Å²) in [5, 5.41) is 13.8. The third kappa shape index (κ3) is 3.25. The fraction of sp³-hybridized carbons (Fsp3) is 0.200. The number of rotatable bonds is 4. The minimum absolute atomic E-state index is 0.0131. The molecule has 0 aliphatic heterocycles. The Kier molecular flexibility index (Phi) is 3.68. The number of benzene rings is 1. The molecule has 1 N–H and O–H groups in total. The molecule has 1 rings (SSSR count). The number of anilines is 1. The van der Waals surface area contributed by atoms with Gasteiger partial charge in [0.1, 0.15) is 0 Å². The van der Waals surface area contributed by atoms with Crippen LogP contribution in [0.2, 0.25) is 5.02 Å². The lowest BCUT2D eigenvalue weighted by atomic mass is 10.2. The maximum Gasteiger partial charge on any atom is 0.271 e. The van der Waals surface area contributed by atoms with Crippen molar-refractivity contribution in [2.75, 3.05) is 11.9 Å². The SMILES string of the molecule is C=C(C)CNc1ccc([N+](=O)[O-])cc1Cl. The van der Waals surface area contributed by atoms with E-state index in [1.165, 1.54) is 12.1 Å². The molecule has 0 atom stereocenters. The Hall–Kier alpha value is -1.55. The number of non-ortho nitro benzene ring substituents is 1. The van der Waals surface area contributed by atoms with Crippen molar-refractivity contribution in [3.8, 4) is 0 Å². The number of nitrogens with one attached hydrogen (secondary N) is 1. The highest BCUT2D eigenvalue weighted by molar-refractivity contribution is 6.33. The normalized spacial score (nSPS) is 9.73. The molecule has 4 nitrogen and oxygen atoms in total. The van der Waals surface area contributed by atoms with E-state index >= 15 is 0 Å². The zero-order chi connectivity index (χ0) is 11.4. The number of halogens is 1. The van der Waals surface area contributed by atoms with E-state index in [2.05, 4.69) is 11.9 Å². The number of nitro groups is 1. The Labute approximate surface area is 92.7 Å². The summed E-state index contributed by atoms with van der Waals surface area (Å²) >= 11 is 5.86. The van der Waals surface area contributed by atoms with Gasteiger partial charge in [-0.1, -0.05) is 23.8 Å². The predicted octanol–water partition coefficient (Wildman–Crippen LogP) is 3.24. The first-order chi connectivity index (χ1) is 7.00. The summed E-state index contributed by atoms with van der Waals surface area (Å²) in [6.45, 7) is 6.21. The summed E-state index contributed by atoms with van der Waals surface area (Å²) in [5.74, 6) is 0. The molecule has 80 valence electrons. The Morgan fingerprint density at radius 1 is 1.67 bits per heavy atom. The fourth-order valence-corrected chi connectivity index (χ4v) is 1.25. The molecule has 0 aliphatic rings. The van der Waals surface area contributed by atoms with Crippen LogP contribution in [-0.4, -0.2) is 11.5 Å². The third-order valence-electron chi connectivity index (χ3n) is 1.74. The van der Waals surface area contributed by atoms with E-state index in [-0.39, 0.29) is 5.69 Å². The van der Waals surface area contributed by atoms with Gasteiger partial charge in [-0.3, -0.25) is 10.1 Å². The number of hydrogen-bond donors (Lipinski definition) is 1. The Morgan fingerprint density at radius 2 is 2.33 bits per heavy atom. The van der Waals surface area contributed by atoms with Gasteiger partial charge in [0.05, 0.1) is 15.6 Å². The van der Waals surface area contributed by atoms with Crippen LogP contribution in [-0.2, 0) is 0 Å². The van der Waals surface area contributed by atoms with Crippen LogP contribution in [0.5, 0.6) is 0 Å². The molecular weight excluding hydrogens is 216 g/mol. The molecule has 0 aliphatic carbocycles. The van der Waals surface area contributed by atoms with Crippen LogP contribution in [0.25, 0.3) is 0 Å². The van der Waals surface area contributed by atoms with Crippen LogP contribution in [0.4, 0.5) is 11.4 Å². The number of nitro benzene ring substituents is 1. The smallest absolute Gasteiger partial charge is 0.271 e. The second-order valence-corrected chi connectivity index (χ2v) is 3.64. The summed E-state index contributed by atoms with van der Waals surface area (Å²) in [6.07, 6.45) is 0. The first kappa shape index (κ1) is 11.5. The Bertz CT molecular complexity index is 404. The van der Waals surface area contributed by atoms with Gasteiger partial charge in [0, 0.05) is 18.7 Å². The molecule has 0 spiro atoms. The van der Waals surface area contributed by atoms with E-state index in [1.807, 2.05) is 6.92 Å². The third-order valence-corrected chi connectivity index (χ3v) is 2.06. The van der Waals surface area contributed by atoms with Crippen LogP contribution < -0.4 is 5.32 Å². The molecule has 1 aromatic rings. The molecule has 0 unspecified atom stereocenters. The second-order valence-electron chi connectivity index (χ2n) is 3.23. The average molecular weight is 227 g/mol. The maximum atomic E-state index is 10.4. The van der Waals surface area contributed by atoms with E-state index in [9.17, 15) is 10.1 Å². The van der Waals surface area contributed by atoms with E-state index in [4.69, 9.17) is 11.6 Å². The van der Waals surface area contributed by atoms with Crippen LogP contribution in [0, 0.1) is 10.1 Å². The minimum Gasteiger partial charge on any atom is -0.380 e. The molecule has 0 saturated heterocycles. The van der Waals surface area contributed by atoms with Gasteiger partial charge in [0.2, 0.25) is 0 Å². The largest absolute Gasteiger partial charge is 0.380 e. The molecular formula is C10H11ClN2O2. The summed E-state index contributed by atoms with van der Waals surface area (Å²) < 4.78 is 0. The quantitative estimate of drug-likeness (QED) is 0.487. The molecule has 0 amide bonds. The average Bonchev–Trinajstić information content (AvgIpc) is 2.15. The first-order valence-corrected chi connectivity index (χ1v) is 4.70. The molecule has 0 aromatic heterocycles. The highest BCUT2D eigenvalue weighted by Crippen LogP contribution is 2.26. The standard InChI is InChI=1S/C10H11ClN2O2/c1-7(2)6-12-10-4-3-8(13(14)15)5-9(10)11/h3-5,12H,1,6H2,2H3. The van der Waals surface area contributed by atoms with Crippen molar-refractivity contribution in [3.05, 3.63) is 45.5 Å². The lowest BCUT2D eigenvalue weighted by Gasteiger charge is -2.07. The van der Waals surface area contributed by atoms with Gasteiger partial charge in [-0.15, -0.1) is 0 Å². The van der Waals surface area contributed by atoms with Crippen molar-refractivity contribution in [2.45, 2.75) is 6.92 Å². The van der Waals surface area contributed by atoms with Crippen molar-refractivity contribution in [1.82, 2.24) is 0 Å². The van der Waals surface area contributed by atoms with E-state index in [1.54, 1.807) is 6.07 Å². The van der Waals surface area contributed by atoms with Crippen LogP contribution in [0.1, 0.15) is 6.92 Å². The second kappa shape index (κ2) is 4.79. The van der Waals surface area contributed by atoms with Crippen molar-refractivity contribution in [1.29, 1.82) is 0 Å². The van der Waals surface area contributed by atoms with Crippen LogP contribution in [0.3, 0.4) is 0 Å². The molecule has 0 bridgehead atoms. The van der Waals surface area contributed by atoms with E-state index in [0.717, 1.165) is 5.57 Å². The minimum atomic E-state index is -0.478. The van der Waals surface area contributed by atoms with Gasteiger partial charge in [0.15, 0.2) is 0 Å². The monoisotopic (exact) mass is 226 g/mol. The number of nitrogens with zero attached hydrogens (tertiary/aromatic N) is 1. The summed E-state index contributed by atoms with van der Waals surface area (Å²) in [4.78, 5) is 9.97. The van der Waals surface area contributed by atoms with Crippen molar-refractivity contribution in [2.24, 2.45) is 0 Å². The van der Waals surface area contributed by atoms with Gasteiger partial charge < -0.3 is 5.32 Å². The maximum absolute atomic E-state index is 10.4. The molecule has 0 heterocycles. The summed E-state index contributed by atoms with van der Waals surface area (Å²) in [5.41, 5.74) is 1.62. The summed E-state index contributed by atoms with van der Waals surface area (Å²) in [7, 11) is 0. The Morgan fingerprint density at radius 3 is 2.80 bits per heavy atom. The molecule has 15 heavy (non-hydrogen) atoms. The van der Waals surface area contributed by atoms with Crippen molar-refractivity contribution in [3.63, 3.8) is 0 Å². The fourth-order valence-electron chi connectivity index (χ4n) is 1.01. The van der Waals surface area contributed by atoms with Gasteiger partial charge in [0.25, 0.3) is 5.69 Å². The van der Waals surface area contributed by atoms with E-state index in [0.29, 0.717) is 17.3 Å². The molecule has 0 radical (unpaired) electrons. The first-order valence-electron chi connectivity index (χ1n) is 4.33. The molecule has 0 saturated carbocycles. The van der Waals surface area contributed by atoms with Gasteiger partial charge in [-0.05, 0) is 13.0 Å². The molecule has 1 aromatic carbocycles. The van der Waals surface area contributed by atoms with Gasteiger partial charge in [-0.2, -0.15) is 0 Å². The zero-order valence-electron chi connectivity index (χ0n) is 8.29. The highest BCUT2D eigenvalue weighted by Gasteiger charge is 2.08. The lowest BCUT2D eigenvalue weighted by Crippen LogP contribution is -2.02. The van der Waals surface area contributed by atoms with Crippen molar-refractivity contribution < 1.29 is 4.92 Å².